The van der Waals surface area contributed by atoms with Gasteiger partial charge in [-0.1, -0.05) is 5.16 Å². The van der Waals surface area contributed by atoms with E-state index in [1.54, 1.807) is 0 Å². The van der Waals surface area contributed by atoms with Gasteiger partial charge in [0.1, 0.15) is 12.4 Å². The Hall–Kier alpha value is -1.44. The van der Waals surface area contributed by atoms with E-state index in [-0.39, 0.29) is 18.1 Å². The second kappa shape index (κ2) is 8.29. The average molecular weight is 377 g/mol. The summed E-state index contributed by atoms with van der Waals surface area (Å²) < 4.78 is 16.9. The van der Waals surface area contributed by atoms with Crippen LogP contribution in [0.5, 0.6) is 0 Å². The summed E-state index contributed by atoms with van der Waals surface area (Å²) >= 11 is 0. The first kappa shape index (κ1) is 18.9. The largest absolute Gasteiger partial charge is 0.372 e. The average Bonchev–Trinajstić information content (AvgIpc) is 3.30. The van der Waals surface area contributed by atoms with Gasteiger partial charge >= 0.3 is 0 Å². The molecule has 1 aromatic heterocycles. The van der Waals surface area contributed by atoms with E-state index < -0.39 is 0 Å². The Kier molecular flexibility index (Phi) is 5.80. The van der Waals surface area contributed by atoms with Crippen LogP contribution in [0.1, 0.15) is 43.6 Å². The molecule has 0 radical (unpaired) electrons. The van der Waals surface area contributed by atoms with Crippen molar-refractivity contribution in [2.24, 2.45) is 5.92 Å². The van der Waals surface area contributed by atoms with Gasteiger partial charge in [-0.15, -0.1) is 0 Å². The third-order valence-corrected chi connectivity index (χ3v) is 6.04. The third kappa shape index (κ3) is 4.70. The SMILES string of the molecule is Cc1cc(CN2CC3(C[C@H](CCOCC(=O)N4CCCC4)CCO3)C2)no1. The first-order valence-electron chi connectivity index (χ1n) is 10.3. The third-order valence-electron chi connectivity index (χ3n) is 6.04. The second-order valence-corrected chi connectivity index (χ2v) is 8.39. The number of aryl methyl sites for hydroxylation is 1. The van der Waals surface area contributed by atoms with Crippen LogP contribution in [0.4, 0.5) is 0 Å². The molecule has 0 saturated carbocycles. The first-order chi connectivity index (χ1) is 13.1. The summed E-state index contributed by atoms with van der Waals surface area (Å²) in [6, 6.07) is 2.00. The van der Waals surface area contributed by atoms with Gasteiger partial charge in [0.2, 0.25) is 5.91 Å². The van der Waals surface area contributed by atoms with Gasteiger partial charge < -0.3 is 18.9 Å². The van der Waals surface area contributed by atoms with E-state index in [0.717, 1.165) is 82.9 Å². The summed E-state index contributed by atoms with van der Waals surface area (Å²) in [5.74, 6) is 1.63. The van der Waals surface area contributed by atoms with E-state index in [2.05, 4.69) is 10.1 Å². The molecular formula is C20H31N3O4. The molecule has 150 valence electrons. The van der Waals surface area contributed by atoms with Gasteiger partial charge in [-0.05, 0) is 44.9 Å². The Morgan fingerprint density at radius 3 is 2.93 bits per heavy atom. The molecule has 3 saturated heterocycles. The van der Waals surface area contributed by atoms with Crippen LogP contribution < -0.4 is 0 Å². The number of ether oxygens (including phenoxy) is 2. The molecule has 0 bridgehead atoms. The topological polar surface area (TPSA) is 68.0 Å². The second-order valence-electron chi connectivity index (χ2n) is 8.39. The van der Waals surface area contributed by atoms with Gasteiger partial charge in [0.25, 0.3) is 0 Å². The smallest absolute Gasteiger partial charge is 0.248 e. The fourth-order valence-electron chi connectivity index (χ4n) is 4.67. The van der Waals surface area contributed by atoms with Gasteiger partial charge in [-0.2, -0.15) is 0 Å². The summed E-state index contributed by atoms with van der Waals surface area (Å²) in [5.41, 5.74) is 0.998. The van der Waals surface area contributed by atoms with Crippen molar-refractivity contribution in [2.45, 2.75) is 51.2 Å². The van der Waals surface area contributed by atoms with Crippen LogP contribution in [0.25, 0.3) is 0 Å². The zero-order valence-electron chi connectivity index (χ0n) is 16.3. The number of nitrogens with zero attached hydrogens (tertiary/aromatic N) is 3. The number of hydrogen-bond acceptors (Lipinski definition) is 6. The van der Waals surface area contributed by atoms with E-state index in [4.69, 9.17) is 14.0 Å². The van der Waals surface area contributed by atoms with Gasteiger partial charge in [0, 0.05) is 52.0 Å². The minimum absolute atomic E-state index is 0.00701. The Morgan fingerprint density at radius 2 is 2.19 bits per heavy atom. The summed E-state index contributed by atoms with van der Waals surface area (Å²) in [4.78, 5) is 16.3. The predicted molar refractivity (Wildman–Crippen MR) is 99.2 cm³/mol. The van der Waals surface area contributed by atoms with Crippen LogP contribution in [0.2, 0.25) is 0 Å². The molecule has 1 aromatic rings. The molecule has 1 spiro atoms. The Balaban J connectivity index is 1.14. The van der Waals surface area contributed by atoms with Gasteiger partial charge in [-0.3, -0.25) is 9.69 Å². The summed E-state index contributed by atoms with van der Waals surface area (Å²) in [5, 5.41) is 4.07. The Morgan fingerprint density at radius 1 is 1.37 bits per heavy atom. The molecule has 27 heavy (non-hydrogen) atoms. The molecule has 0 aromatic carbocycles. The van der Waals surface area contributed by atoms with E-state index in [1.165, 1.54) is 0 Å². The van der Waals surface area contributed by atoms with Crippen molar-refractivity contribution in [3.8, 4) is 0 Å². The standard InChI is InChI=1S/C20H31N3O4/c1-16-10-18(21-27-16)12-22-14-20(15-22)11-17(5-9-26-20)4-8-25-13-19(24)23-6-2-3-7-23/h10,17H,2-9,11-15H2,1H3/t17-/m1/s1. The van der Waals surface area contributed by atoms with E-state index in [1.807, 2.05) is 17.9 Å². The molecular weight excluding hydrogens is 346 g/mol. The molecule has 3 aliphatic rings. The van der Waals surface area contributed by atoms with Crippen molar-refractivity contribution in [3.05, 3.63) is 17.5 Å². The molecule has 7 heteroatoms. The number of carbonyl (C=O) groups excluding carboxylic acids is 1. The molecule has 4 rings (SSSR count). The Labute approximate surface area is 160 Å². The van der Waals surface area contributed by atoms with Gasteiger partial charge in [0.05, 0.1) is 11.3 Å². The van der Waals surface area contributed by atoms with Crippen LogP contribution in [0.3, 0.4) is 0 Å². The van der Waals surface area contributed by atoms with E-state index in [9.17, 15) is 4.79 Å². The highest BCUT2D eigenvalue weighted by molar-refractivity contribution is 5.77. The quantitative estimate of drug-likeness (QED) is 0.677. The maximum Gasteiger partial charge on any atom is 0.248 e. The van der Waals surface area contributed by atoms with Crippen molar-refractivity contribution in [2.75, 3.05) is 46.0 Å². The predicted octanol–water partition coefficient (Wildman–Crippen LogP) is 1.99. The normalized spacial score (nSPS) is 25.1. The monoisotopic (exact) mass is 377 g/mol. The van der Waals surface area contributed by atoms with Crippen molar-refractivity contribution in [3.63, 3.8) is 0 Å². The van der Waals surface area contributed by atoms with Crippen LogP contribution in [0.15, 0.2) is 10.6 Å². The number of likely N-dealkylation sites (tertiary alicyclic amines) is 2. The van der Waals surface area contributed by atoms with Crippen molar-refractivity contribution in [1.82, 2.24) is 15.0 Å². The van der Waals surface area contributed by atoms with Crippen molar-refractivity contribution < 1.29 is 18.8 Å². The number of carbonyl (C=O) groups is 1. The lowest BCUT2D eigenvalue weighted by Gasteiger charge is -2.53. The molecule has 7 nitrogen and oxygen atoms in total. The molecule has 1 atom stereocenters. The maximum absolute atomic E-state index is 12.0. The molecule has 1 amide bonds. The lowest BCUT2D eigenvalue weighted by atomic mass is 9.79. The maximum atomic E-state index is 12.0. The molecule has 3 fully saturated rings. The van der Waals surface area contributed by atoms with Gasteiger partial charge in [-0.25, -0.2) is 0 Å². The first-order valence-corrected chi connectivity index (χ1v) is 10.3. The van der Waals surface area contributed by atoms with Crippen molar-refractivity contribution >= 4 is 5.91 Å². The van der Waals surface area contributed by atoms with Crippen LogP contribution in [-0.4, -0.2) is 72.5 Å². The van der Waals surface area contributed by atoms with Crippen LogP contribution >= 0.6 is 0 Å². The molecule has 0 N–H and O–H groups in total. The lowest BCUT2D eigenvalue weighted by molar-refractivity contribution is -0.182. The summed E-state index contributed by atoms with van der Waals surface area (Å²) in [6.07, 6.45) is 5.45. The number of hydrogen-bond donors (Lipinski definition) is 0. The van der Waals surface area contributed by atoms with Crippen molar-refractivity contribution in [1.29, 1.82) is 0 Å². The highest BCUT2D eigenvalue weighted by Gasteiger charge is 2.47. The lowest BCUT2D eigenvalue weighted by Crippen LogP contribution is -2.64. The molecule has 3 aliphatic heterocycles. The van der Waals surface area contributed by atoms with Crippen LogP contribution in [-0.2, 0) is 20.8 Å². The molecule has 0 unspecified atom stereocenters. The van der Waals surface area contributed by atoms with Gasteiger partial charge in [0.15, 0.2) is 0 Å². The number of amides is 1. The minimum atomic E-state index is 0.00701. The fraction of sp³-hybridized carbons (Fsp3) is 0.800. The number of rotatable bonds is 7. The molecule has 0 aliphatic carbocycles. The highest BCUT2D eigenvalue weighted by Crippen LogP contribution is 2.38. The zero-order valence-corrected chi connectivity index (χ0v) is 16.3. The minimum Gasteiger partial charge on any atom is -0.372 e. The van der Waals surface area contributed by atoms with E-state index >= 15 is 0 Å². The summed E-state index contributed by atoms with van der Waals surface area (Å²) in [6.45, 7) is 8.20. The Bertz CT molecular complexity index is 635. The van der Waals surface area contributed by atoms with Crippen LogP contribution in [0, 0.1) is 12.8 Å². The highest BCUT2D eigenvalue weighted by atomic mass is 16.5. The van der Waals surface area contributed by atoms with E-state index in [0.29, 0.717) is 12.5 Å². The number of aromatic nitrogens is 1. The fourth-order valence-corrected chi connectivity index (χ4v) is 4.67. The summed E-state index contributed by atoms with van der Waals surface area (Å²) in [7, 11) is 0. The zero-order chi connectivity index (χ0) is 18.7. The molecule has 4 heterocycles.